The lowest BCUT2D eigenvalue weighted by molar-refractivity contribution is 0.184. The summed E-state index contributed by atoms with van der Waals surface area (Å²) >= 11 is 0. The van der Waals surface area contributed by atoms with Crippen LogP contribution in [0.4, 0.5) is 0 Å². The molecule has 0 radical (unpaired) electrons. The standard InChI is InChI=1S/C19H26N2O/c1-22-16-19-9-5-8-18(14-19)15-21(13-11-20)12-10-17-6-3-2-4-7-17/h2-9,14H,10-13,15-16,20H2,1H3. The SMILES string of the molecule is COCc1cccc(CN(CCN)CCc2ccccc2)c1. The molecule has 0 aromatic heterocycles. The Balaban J connectivity index is 1.94. The summed E-state index contributed by atoms with van der Waals surface area (Å²) in [6.07, 6.45) is 1.05. The minimum atomic E-state index is 0.661. The van der Waals surface area contributed by atoms with Gasteiger partial charge in [-0.15, -0.1) is 0 Å². The predicted octanol–water partition coefficient (Wildman–Crippen LogP) is 2.84. The van der Waals surface area contributed by atoms with Crippen molar-refractivity contribution in [3.8, 4) is 0 Å². The minimum Gasteiger partial charge on any atom is -0.380 e. The number of ether oxygens (including phenoxy) is 1. The van der Waals surface area contributed by atoms with E-state index >= 15 is 0 Å². The number of hydrogen-bond donors (Lipinski definition) is 1. The topological polar surface area (TPSA) is 38.5 Å². The van der Waals surface area contributed by atoms with Crippen LogP contribution in [0.1, 0.15) is 16.7 Å². The summed E-state index contributed by atoms with van der Waals surface area (Å²) in [6.45, 7) is 4.22. The van der Waals surface area contributed by atoms with Crippen LogP contribution in [-0.2, 0) is 24.3 Å². The van der Waals surface area contributed by atoms with Gasteiger partial charge in [0, 0.05) is 33.3 Å². The van der Waals surface area contributed by atoms with Gasteiger partial charge in [-0.05, 0) is 23.1 Å². The molecule has 0 aliphatic rings. The van der Waals surface area contributed by atoms with Crippen molar-refractivity contribution in [3.63, 3.8) is 0 Å². The van der Waals surface area contributed by atoms with E-state index in [0.29, 0.717) is 13.2 Å². The van der Waals surface area contributed by atoms with Gasteiger partial charge >= 0.3 is 0 Å². The first-order valence-electron chi connectivity index (χ1n) is 7.85. The summed E-state index contributed by atoms with van der Waals surface area (Å²) in [5, 5.41) is 0. The number of benzene rings is 2. The maximum absolute atomic E-state index is 5.77. The average Bonchev–Trinajstić information content (AvgIpc) is 2.54. The van der Waals surface area contributed by atoms with Crippen LogP contribution in [0.25, 0.3) is 0 Å². The molecule has 22 heavy (non-hydrogen) atoms. The molecule has 118 valence electrons. The fraction of sp³-hybridized carbons (Fsp3) is 0.368. The molecule has 0 atom stereocenters. The van der Waals surface area contributed by atoms with Crippen molar-refractivity contribution in [2.45, 2.75) is 19.6 Å². The fourth-order valence-corrected chi connectivity index (χ4v) is 2.63. The highest BCUT2D eigenvalue weighted by Gasteiger charge is 2.06. The lowest BCUT2D eigenvalue weighted by atomic mass is 10.1. The van der Waals surface area contributed by atoms with Crippen LogP contribution in [0, 0.1) is 0 Å². The van der Waals surface area contributed by atoms with Crippen molar-refractivity contribution >= 4 is 0 Å². The Bertz CT molecular complexity index is 542. The third kappa shape index (κ3) is 5.60. The molecular formula is C19H26N2O. The molecule has 3 heteroatoms. The minimum absolute atomic E-state index is 0.661. The molecular weight excluding hydrogens is 272 g/mol. The molecule has 0 amide bonds. The number of rotatable bonds is 9. The Morgan fingerprint density at radius 2 is 1.64 bits per heavy atom. The normalized spacial score (nSPS) is 11.0. The number of methoxy groups -OCH3 is 1. The van der Waals surface area contributed by atoms with Crippen molar-refractivity contribution in [1.82, 2.24) is 4.90 Å². The van der Waals surface area contributed by atoms with Crippen molar-refractivity contribution in [1.29, 1.82) is 0 Å². The molecule has 2 N–H and O–H groups in total. The first-order chi connectivity index (χ1) is 10.8. The Labute approximate surface area is 133 Å². The van der Waals surface area contributed by atoms with Crippen molar-refractivity contribution < 1.29 is 4.74 Å². The highest BCUT2D eigenvalue weighted by molar-refractivity contribution is 5.23. The monoisotopic (exact) mass is 298 g/mol. The smallest absolute Gasteiger partial charge is 0.0713 e. The summed E-state index contributed by atoms with van der Waals surface area (Å²) < 4.78 is 5.21. The summed E-state index contributed by atoms with van der Waals surface area (Å²) in [5.74, 6) is 0. The van der Waals surface area contributed by atoms with Gasteiger partial charge in [0.2, 0.25) is 0 Å². The van der Waals surface area contributed by atoms with Crippen molar-refractivity contribution in [2.75, 3.05) is 26.7 Å². The van der Waals surface area contributed by atoms with Crippen LogP contribution in [0.15, 0.2) is 54.6 Å². The summed E-state index contributed by atoms with van der Waals surface area (Å²) in [6, 6.07) is 19.2. The van der Waals surface area contributed by atoms with Crippen LogP contribution in [0.3, 0.4) is 0 Å². The van der Waals surface area contributed by atoms with Crippen LogP contribution < -0.4 is 5.73 Å². The molecule has 0 spiro atoms. The van der Waals surface area contributed by atoms with E-state index in [1.165, 1.54) is 16.7 Å². The quantitative estimate of drug-likeness (QED) is 0.773. The molecule has 0 saturated carbocycles. The van der Waals surface area contributed by atoms with Crippen LogP contribution in [0.2, 0.25) is 0 Å². The molecule has 0 heterocycles. The Morgan fingerprint density at radius 1 is 0.909 bits per heavy atom. The average molecular weight is 298 g/mol. The first kappa shape index (κ1) is 16.7. The van der Waals surface area contributed by atoms with Gasteiger partial charge in [0.25, 0.3) is 0 Å². The predicted molar refractivity (Wildman–Crippen MR) is 91.6 cm³/mol. The zero-order valence-corrected chi connectivity index (χ0v) is 13.4. The van der Waals surface area contributed by atoms with E-state index in [1.807, 2.05) is 0 Å². The molecule has 0 aliphatic heterocycles. The summed E-state index contributed by atoms with van der Waals surface area (Å²) in [7, 11) is 1.73. The van der Waals surface area contributed by atoms with Gasteiger partial charge in [-0.1, -0.05) is 54.6 Å². The van der Waals surface area contributed by atoms with E-state index in [-0.39, 0.29) is 0 Å². The first-order valence-corrected chi connectivity index (χ1v) is 7.85. The highest BCUT2D eigenvalue weighted by atomic mass is 16.5. The Hall–Kier alpha value is -1.68. The molecule has 2 rings (SSSR count). The van der Waals surface area contributed by atoms with Crippen LogP contribution in [-0.4, -0.2) is 31.6 Å². The van der Waals surface area contributed by atoms with Crippen LogP contribution in [0.5, 0.6) is 0 Å². The van der Waals surface area contributed by atoms with Gasteiger partial charge in [0.1, 0.15) is 0 Å². The van der Waals surface area contributed by atoms with E-state index < -0.39 is 0 Å². The molecule has 2 aromatic rings. The van der Waals surface area contributed by atoms with Crippen molar-refractivity contribution in [2.24, 2.45) is 5.73 Å². The van der Waals surface area contributed by atoms with E-state index in [0.717, 1.165) is 26.1 Å². The van der Waals surface area contributed by atoms with E-state index in [4.69, 9.17) is 10.5 Å². The number of nitrogens with two attached hydrogens (primary N) is 1. The van der Waals surface area contributed by atoms with Gasteiger partial charge in [-0.2, -0.15) is 0 Å². The Morgan fingerprint density at radius 3 is 2.36 bits per heavy atom. The molecule has 3 nitrogen and oxygen atoms in total. The third-order valence-corrected chi connectivity index (χ3v) is 3.71. The van der Waals surface area contributed by atoms with Gasteiger partial charge in [-0.3, -0.25) is 4.90 Å². The van der Waals surface area contributed by atoms with Crippen LogP contribution >= 0.6 is 0 Å². The van der Waals surface area contributed by atoms with E-state index in [1.54, 1.807) is 7.11 Å². The van der Waals surface area contributed by atoms with Gasteiger partial charge in [0.15, 0.2) is 0 Å². The molecule has 0 unspecified atom stereocenters. The third-order valence-electron chi connectivity index (χ3n) is 3.71. The lowest BCUT2D eigenvalue weighted by Crippen LogP contribution is -2.31. The zero-order valence-electron chi connectivity index (χ0n) is 13.4. The highest BCUT2D eigenvalue weighted by Crippen LogP contribution is 2.10. The number of hydrogen-bond acceptors (Lipinski definition) is 3. The zero-order chi connectivity index (χ0) is 15.6. The second kappa shape index (κ2) is 9.36. The molecule has 0 saturated heterocycles. The summed E-state index contributed by atoms with van der Waals surface area (Å²) in [5.41, 5.74) is 9.67. The van der Waals surface area contributed by atoms with Gasteiger partial charge in [0.05, 0.1) is 6.61 Å². The largest absolute Gasteiger partial charge is 0.380 e. The molecule has 0 aliphatic carbocycles. The molecule has 0 bridgehead atoms. The maximum Gasteiger partial charge on any atom is 0.0713 e. The lowest BCUT2D eigenvalue weighted by Gasteiger charge is -2.22. The van der Waals surface area contributed by atoms with E-state index in [2.05, 4.69) is 59.5 Å². The van der Waals surface area contributed by atoms with Gasteiger partial charge < -0.3 is 10.5 Å². The van der Waals surface area contributed by atoms with E-state index in [9.17, 15) is 0 Å². The molecule has 2 aromatic carbocycles. The second-order valence-electron chi connectivity index (χ2n) is 5.55. The van der Waals surface area contributed by atoms with Crippen molar-refractivity contribution in [3.05, 3.63) is 71.3 Å². The summed E-state index contributed by atoms with van der Waals surface area (Å²) in [4.78, 5) is 2.42. The van der Waals surface area contributed by atoms with Gasteiger partial charge in [-0.25, -0.2) is 0 Å². The molecule has 0 fully saturated rings. The Kier molecular flexibility index (Phi) is 7.10. The second-order valence-corrected chi connectivity index (χ2v) is 5.55. The number of nitrogens with zero attached hydrogens (tertiary/aromatic N) is 1. The fourth-order valence-electron chi connectivity index (χ4n) is 2.63. The maximum atomic E-state index is 5.77.